The standard InChI is InChI=1S/C13H21N3O3S/c1-9(16-8-13(2,3)12(14)17)10-5-4-6-11(7-10)20(15,18)19/h4-7,9,16H,8H2,1-3H3,(H2,14,17)(H2,15,18,19). The first-order valence-electron chi connectivity index (χ1n) is 6.20. The molecule has 0 fully saturated rings. The molecule has 6 nitrogen and oxygen atoms in total. The monoisotopic (exact) mass is 299 g/mol. The highest BCUT2D eigenvalue weighted by Crippen LogP contribution is 2.19. The highest BCUT2D eigenvalue weighted by Gasteiger charge is 2.25. The van der Waals surface area contributed by atoms with Crippen molar-refractivity contribution >= 4 is 15.9 Å². The lowest BCUT2D eigenvalue weighted by atomic mass is 9.92. The van der Waals surface area contributed by atoms with Crippen molar-refractivity contribution in [2.75, 3.05) is 6.54 Å². The number of benzene rings is 1. The van der Waals surface area contributed by atoms with Crippen LogP contribution in [0.5, 0.6) is 0 Å². The number of nitrogens with two attached hydrogens (primary N) is 2. The molecular weight excluding hydrogens is 278 g/mol. The van der Waals surface area contributed by atoms with Gasteiger partial charge in [-0.2, -0.15) is 0 Å². The summed E-state index contributed by atoms with van der Waals surface area (Å²) in [6.45, 7) is 5.76. The largest absolute Gasteiger partial charge is 0.369 e. The SMILES string of the molecule is CC(NCC(C)(C)C(N)=O)c1cccc(S(N)(=O)=O)c1. The average molecular weight is 299 g/mol. The van der Waals surface area contributed by atoms with Crippen molar-refractivity contribution in [2.24, 2.45) is 16.3 Å². The summed E-state index contributed by atoms with van der Waals surface area (Å²) in [5.74, 6) is -0.393. The molecule has 112 valence electrons. The van der Waals surface area contributed by atoms with Crippen molar-refractivity contribution in [3.05, 3.63) is 29.8 Å². The molecule has 0 aliphatic rings. The Balaban J connectivity index is 2.84. The quantitative estimate of drug-likeness (QED) is 0.709. The van der Waals surface area contributed by atoms with Gasteiger partial charge < -0.3 is 11.1 Å². The molecule has 1 atom stereocenters. The first-order valence-corrected chi connectivity index (χ1v) is 7.75. The summed E-state index contributed by atoms with van der Waals surface area (Å²) in [7, 11) is -3.72. The van der Waals surface area contributed by atoms with E-state index >= 15 is 0 Å². The van der Waals surface area contributed by atoms with E-state index in [9.17, 15) is 13.2 Å². The molecular formula is C13H21N3O3S. The van der Waals surface area contributed by atoms with Gasteiger partial charge in [-0.1, -0.05) is 12.1 Å². The topological polar surface area (TPSA) is 115 Å². The van der Waals surface area contributed by atoms with Gasteiger partial charge in [-0.25, -0.2) is 13.6 Å². The molecule has 0 spiro atoms. The van der Waals surface area contributed by atoms with Crippen LogP contribution in [0.2, 0.25) is 0 Å². The van der Waals surface area contributed by atoms with Crippen molar-refractivity contribution in [2.45, 2.75) is 31.7 Å². The number of hydrogen-bond acceptors (Lipinski definition) is 4. The molecule has 0 aliphatic carbocycles. The number of primary sulfonamides is 1. The van der Waals surface area contributed by atoms with Gasteiger partial charge in [0.2, 0.25) is 15.9 Å². The molecule has 5 N–H and O–H groups in total. The van der Waals surface area contributed by atoms with Crippen molar-refractivity contribution in [1.82, 2.24) is 5.32 Å². The van der Waals surface area contributed by atoms with Gasteiger partial charge in [0.05, 0.1) is 10.3 Å². The molecule has 20 heavy (non-hydrogen) atoms. The molecule has 7 heteroatoms. The second-order valence-corrected chi connectivity index (χ2v) is 7.03. The van der Waals surface area contributed by atoms with Gasteiger partial charge in [0.15, 0.2) is 0 Å². The zero-order chi connectivity index (χ0) is 15.6. The van der Waals surface area contributed by atoms with E-state index in [0.717, 1.165) is 5.56 Å². The summed E-state index contributed by atoms with van der Waals surface area (Å²) < 4.78 is 22.6. The average Bonchev–Trinajstić information content (AvgIpc) is 2.35. The van der Waals surface area contributed by atoms with Gasteiger partial charge in [0.1, 0.15) is 0 Å². The Hall–Kier alpha value is -1.44. The normalized spacial score (nSPS) is 14.0. The van der Waals surface area contributed by atoms with Crippen LogP contribution in [-0.4, -0.2) is 20.9 Å². The molecule has 1 aromatic carbocycles. The lowest BCUT2D eigenvalue weighted by molar-refractivity contribution is -0.125. The fourth-order valence-electron chi connectivity index (χ4n) is 1.57. The van der Waals surface area contributed by atoms with Crippen LogP contribution in [0.25, 0.3) is 0 Å². The minimum absolute atomic E-state index is 0.0674. The molecule has 1 rings (SSSR count). The number of carbonyl (C=O) groups excluding carboxylic acids is 1. The van der Waals surface area contributed by atoms with Crippen molar-refractivity contribution in [3.8, 4) is 0 Å². The number of carbonyl (C=O) groups is 1. The molecule has 1 aromatic rings. The van der Waals surface area contributed by atoms with Crippen molar-refractivity contribution in [1.29, 1.82) is 0 Å². The zero-order valence-electron chi connectivity index (χ0n) is 11.9. The zero-order valence-corrected chi connectivity index (χ0v) is 12.7. The predicted octanol–water partition coefficient (Wildman–Crippen LogP) is 0.496. The number of sulfonamides is 1. The molecule has 0 aliphatic heterocycles. The van der Waals surface area contributed by atoms with Gasteiger partial charge in [-0.05, 0) is 38.5 Å². The van der Waals surface area contributed by atoms with Gasteiger partial charge in [-0.15, -0.1) is 0 Å². The number of hydrogen-bond donors (Lipinski definition) is 3. The Morgan fingerprint density at radius 3 is 2.50 bits per heavy atom. The minimum Gasteiger partial charge on any atom is -0.369 e. The highest BCUT2D eigenvalue weighted by molar-refractivity contribution is 7.89. The van der Waals surface area contributed by atoms with Crippen molar-refractivity contribution < 1.29 is 13.2 Å². The maximum absolute atomic E-state index is 11.3. The summed E-state index contributed by atoms with van der Waals surface area (Å²) >= 11 is 0. The van der Waals surface area contributed by atoms with Crippen LogP contribution >= 0.6 is 0 Å². The molecule has 1 amide bonds. The first kappa shape index (κ1) is 16.6. The summed E-state index contributed by atoms with van der Waals surface area (Å²) in [6.07, 6.45) is 0. The number of rotatable bonds is 6. The van der Waals surface area contributed by atoms with Gasteiger partial charge in [0.25, 0.3) is 0 Å². The lowest BCUT2D eigenvalue weighted by Crippen LogP contribution is -2.41. The van der Waals surface area contributed by atoms with Crippen LogP contribution in [0.1, 0.15) is 32.4 Å². The third-order valence-electron chi connectivity index (χ3n) is 3.20. The molecule has 0 heterocycles. The van der Waals surface area contributed by atoms with E-state index in [1.807, 2.05) is 6.92 Å². The van der Waals surface area contributed by atoms with E-state index in [-0.39, 0.29) is 10.9 Å². The van der Waals surface area contributed by atoms with Crippen LogP contribution in [0.4, 0.5) is 0 Å². The Morgan fingerprint density at radius 2 is 2.00 bits per heavy atom. The minimum atomic E-state index is -3.72. The van der Waals surface area contributed by atoms with E-state index in [4.69, 9.17) is 10.9 Å². The second-order valence-electron chi connectivity index (χ2n) is 5.47. The smallest absolute Gasteiger partial charge is 0.238 e. The van der Waals surface area contributed by atoms with E-state index in [0.29, 0.717) is 6.54 Å². The van der Waals surface area contributed by atoms with Crippen LogP contribution in [-0.2, 0) is 14.8 Å². The lowest BCUT2D eigenvalue weighted by Gasteiger charge is -2.24. The summed E-state index contributed by atoms with van der Waals surface area (Å²) in [4.78, 5) is 11.3. The Bertz CT molecular complexity index is 597. The third-order valence-corrected chi connectivity index (χ3v) is 4.11. The van der Waals surface area contributed by atoms with E-state index in [1.54, 1.807) is 26.0 Å². The van der Waals surface area contributed by atoms with Gasteiger partial charge >= 0.3 is 0 Å². The second kappa shape index (κ2) is 5.90. The van der Waals surface area contributed by atoms with Gasteiger partial charge in [-0.3, -0.25) is 4.79 Å². The molecule has 0 saturated carbocycles. The van der Waals surface area contributed by atoms with Crippen LogP contribution in [0, 0.1) is 5.41 Å². The Morgan fingerprint density at radius 1 is 1.40 bits per heavy atom. The molecule has 0 bridgehead atoms. The van der Waals surface area contributed by atoms with E-state index in [2.05, 4.69) is 5.32 Å². The molecule has 0 saturated heterocycles. The first-order chi connectivity index (χ1) is 9.04. The number of amides is 1. The summed E-state index contributed by atoms with van der Waals surface area (Å²) in [5, 5.41) is 8.26. The molecule has 1 unspecified atom stereocenters. The van der Waals surface area contributed by atoms with Crippen LogP contribution in [0.15, 0.2) is 29.2 Å². The highest BCUT2D eigenvalue weighted by atomic mass is 32.2. The fourth-order valence-corrected chi connectivity index (χ4v) is 2.14. The maximum Gasteiger partial charge on any atom is 0.238 e. The Labute approximate surface area is 119 Å². The number of nitrogens with one attached hydrogen (secondary N) is 1. The van der Waals surface area contributed by atoms with Gasteiger partial charge in [0, 0.05) is 12.6 Å². The van der Waals surface area contributed by atoms with E-state index in [1.165, 1.54) is 12.1 Å². The Kier molecular flexibility index (Phi) is 4.90. The molecule has 0 aromatic heterocycles. The predicted molar refractivity (Wildman–Crippen MR) is 77.2 cm³/mol. The number of primary amides is 1. The fraction of sp³-hybridized carbons (Fsp3) is 0.462. The van der Waals surface area contributed by atoms with Crippen LogP contribution in [0.3, 0.4) is 0 Å². The van der Waals surface area contributed by atoms with Crippen LogP contribution < -0.4 is 16.2 Å². The summed E-state index contributed by atoms with van der Waals surface area (Å²) in [6, 6.07) is 6.26. The maximum atomic E-state index is 11.3. The third kappa shape index (κ3) is 4.29. The van der Waals surface area contributed by atoms with E-state index < -0.39 is 21.3 Å². The molecule has 0 radical (unpaired) electrons. The van der Waals surface area contributed by atoms with Crippen molar-refractivity contribution in [3.63, 3.8) is 0 Å². The summed E-state index contributed by atoms with van der Waals surface area (Å²) in [5.41, 5.74) is 5.40.